The molecule has 0 saturated carbocycles. The van der Waals surface area contributed by atoms with Crippen molar-refractivity contribution in [1.82, 2.24) is 0 Å². The lowest BCUT2D eigenvalue weighted by Crippen LogP contribution is -2.18. The summed E-state index contributed by atoms with van der Waals surface area (Å²) in [6.07, 6.45) is 0. The highest BCUT2D eigenvalue weighted by atomic mass is 79.9. The van der Waals surface area contributed by atoms with E-state index in [0.717, 1.165) is 21.5 Å². The molecule has 0 fully saturated rings. The van der Waals surface area contributed by atoms with E-state index in [1.807, 2.05) is 19.9 Å². The van der Waals surface area contributed by atoms with E-state index in [4.69, 9.17) is 9.47 Å². The van der Waals surface area contributed by atoms with Crippen LogP contribution < -0.4 is 9.47 Å². The highest BCUT2D eigenvalue weighted by molar-refractivity contribution is 9.10. The van der Waals surface area contributed by atoms with Crippen LogP contribution in [0.3, 0.4) is 0 Å². The van der Waals surface area contributed by atoms with Crippen LogP contribution in [0.25, 0.3) is 0 Å². The van der Waals surface area contributed by atoms with E-state index in [-0.39, 0.29) is 11.7 Å². The summed E-state index contributed by atoms with van der Waals surface area (Å²) in [7, 11) is 0. The third-order valence-electron chi connectivity index (χ3n) is 2.75. The normalized spacial score (nSPS) is 13.9. The van der Waals surface area contributed by atoms with Crippen molar-refractivity contribution in [1.29, 1.82) is 0 Å². The van der Waals surface area contributed by atoms with E-state index in [2.05, 4.69) is 15.9 Å². The Kier molecular flexibility index (Phi) is 3.43. The van der Waals surface area contributed by atoms with Gasteiger partial charge in [-0.2, -0.15) is 0 Å². The predicted molar refractivity (Wildman–Crippen MR) is 69.2 cm³/mol. The predicted octanol–water partition coefficient (Wildman–Crippen LogP) is 3.55. The van der Waals surface area contributed by atoms with Gasteiger partial charge in [-0.25, -0.2) is 0 Å². The van der Waals surface area contributed by atoms with Crippen LogP contribution in [0.15, 0.2) is 10.5 Å². The molecule has 92 valence electrons. The monoisotopic (exact) mass is 298 g/mol. The summed E-state index contributed by atoms with van der Waals surface area (Å²) in [5, 5.41) is 0. The second kappa shape index (κ2) is 4.69. The molecule has 1 aliphatic rings. The lowest BCUT2D eigenvalue weighted by molar-refractivity contribution is 0.101. The topological polar surface area (TPSA) is 35.5 Å². The molecular weight excluding hydrogens is 284 g/mol. The van der Waals surface area contributed by atoms with E-state index in [9.17, 15) is 4.79 Å². The number of rotatable bonds is 2. The lowest BCUT2D eigenvalue weighted by atomic mass is 9.93. The molecule has 0 bridgehead atoms. The van der Waals surface area contributed by atoms with Crippen molar-refractivity contribution in [2.75, 3.05) is 13.2 Å². The van der Waals surface area contributed by atoms with Gasteiger partial charge in [-0.3, -0.25) is 4.79 Å². The molecule has 1 aliphatic heterocycles. The van der Waals surface area contributed by atoms with Crippen LogP contribution >= 0.6 is 15.9 Å². The Balaban J connectivity index is 2.71. The quantitative estimate of drug-likeness (QED) is 0.783. The first kappa shape index (κ1) is 12.4. The van der Waals surface area contributed by atoms with Crippen molar-refractivity contribution in [3.8, 4) is 11.5 Å². The molecule has 4 heteroatoms. The number of hydrogen-bond donors (Lipinski definition) is 0. The molecule has 0 unspecified atom stereocenters. The maximum atomic E-state index is 11.8. The third kappa shape index (κ3) is 2.18. The van der Waals surface area contributed by atoms with Crippen molar-refractivity contribution >= 4 is 21.7 Å². The highest BCUT2D eigenvalue weighted by Crippen LogP contribution is 2.43. The number of Topliss-reactive ketones (excluding diaryl/α,β-unsaturated/α-hetero) is 1. The number of ketones is 1. The zero-order valence-corrected chi connectivity index (χ0v) is 11.8. The highest BCUT2D eigenvalue weighted by Gasteiger charge is 2.25. The second-order valence-corrected chi connectivity index (χ2v) is 5.24. The maximum Gasteiger partial charge on any atom is 0.165 e. The molecule has 0 amide bonds. The van der Waals surface area contributed by atoms with Crippen molar-refractivity contribution in [3.05, 3.63) is 21.7 Å². The van der Waals surface area contributed by atoms with Gasteiger partial charge in [-0.05, 0) is 34.8 Å². The molecule has 0 atom stereocenters. The third-order valence-corrected chi connectivity index (χ3v) is 3.38. The van der Waals surface area contributed by atoms with Gasteiger partial charge in [-0.1, -0.05) is 13.8 Å². The number of carbonyl (C=O) groups is 1. The molecule has 0 aromatic heterocycles. The van der Waals surface area contributed by atoms with E-state index in [1.54, 1.807) is 6.92 Å². The average Bonchev–Trinajstić information content (AvgIpc) is 2.26. The minimum absolute atomic E-state index is 0.0394. The summed E-state index contributed by atoms with van der Waals surface area (Å²) in [6, 6.07) is 1.82. The van der Waals surface area contributed by atoms with Crippen molar-refractivity contribution in [2.24, 2.45) is 0 Å². The summed E-state index contributed by atoms with van der Waals surface area (Å²) in [5.74, 6) is 1.69. The summed E-state index contributed by atoms with van der Waals surface area (Å²) < 4.78 is 12.0. The first-order valence-electron chi connectivity index (χ1n) is 5.65. The first-order chi connectivity index (χ1) is 8.02. The largest absolute Gasteiger partial charge is 0.486 e. The first-order valence-corrected chi connectivity index (χ1v) is 6.44. The minimum atomic E-state index is 0.0394. The van der Waals surface area contributed by atoms with Crippen LogP contribution in [-0.4, -0.2) is 19.0 Å². The van der Waals surface area contributed by atoms with Crippen molar-refractivity contribution in [2.45, 2.75) is 26.7 Å². The van der Waals surface area contributed by atoms with Crippen LogP contribution in [-0.2, 0) is 0 Å². The van der Waals surface area contributed by atoms with Crippen LogP contribution in [0.1, 0.15) is 42.6 Å². The fraction of sp³-hybridized carbons (Fsp3) is 0.462. The fourth-order valence-electron chi connectivity index (χ4n) is 2.09. The van der Waals surface area contributed by atoms with E-state index in [1.165, 1.54) is 0 Å². The van der Waals surface area contributed by atoms with Gasteiger partial charge in [0.2, 0.25) is 0 Å². The molecule has 0 radical (unpaired) electrons. The van der Waals surface area contributed by atoms with Crippen LogP contribution in [0.5, 0.6) is 11.5 Å². The smallest absolute Gasteiger partial charge is 0.165 e. The number of halogens is 1. The van der Waals surface area contributed by atoms with Gasteiger partial charge in [0, 0.05) is 15.6 Å². The zero-order valence-electron chi connectivity index (χ0n) is 10.2. The van der Waals surface area contributed by atoms with E-state index in [0.29, 0.717) is 18.8 Å². The minimum Gasteiger partial charge on any atom is -0.486 e. The molecule has 17 heavy (non-hydrogen) atoms. The Bertz CT molecular complexity index is 466. The summed E-state index contributed by atoms with van der Waals surface area (Å²) in [6.45, 7) is 6.75. The number of ether oxygens (including phenoxy) is 2. The van der Waals surface area contributed by atoms with Crippen LogP contribution in [0.4, 0.5) is 0 Å². The Morgan fingerprint density at radius 2 is 2.00 bits per heavy atom. The molecule has 0 spiro atoms. The van der Waals surface area contributed by atoms with Gasteiger partial charge in [0.25, 0.3) is 0 Å². The average molecular weight is 299 g/mol. The van der Waals surface area contributed by atoms with Gasteiger partial charge in [0.15, 0.2) is 17.3 Å². The van der Waals surface area contributed by atoms with Gasteiger partial charge in [-0.15, -0.1) is 0 Å². The number of fused-ring (bicyclic) bond motifs is 1. The molecule has 2 rings (SSSR count). The van der Waals surface area contributed by atoms with Crippen LogP contribution in [0, 0.1) is 0 Å². The van der Waals surface area contributed by atoms with E-state index < -0.39 is 0 Å². The Morgan fingerprint density at radius 3 is 2.59 bits per heavy atom. The zero-order chi connectivity index (χ0) is 12.6. The molecule has 3 nitrogen and oxygen atoms in total. The fourth-order valence-corrected chi connectivity index (χ4v) is 2.79. The maximum absolute atomic E-state index is 11.8. The van der Waals surface area contributed by atoms with Gasteiger partial charge >= 0.3 is 0 Å². The Labute approximate surface area is 109 Å². The number of carbonyl (C=O) groups excluding carboxylic acids is 1. The van der Waals surface area contributed by atoms with Gasteiger partial charge in [0.05, 0.1) is 0 Å². The SMILES string of the molecule is CC(=O)c1c(Br)cc2c(c1C(C)C)OCCO2. The molecule has 1 heterocycles. The molecule has 1 aromatic rings. The standard InChI is InChI=1S/C13H15BrO3/c1-7(2)11-12(8(3)15)9(14)6-10-13(11)17-5-4-16-10/h6-7H,4-5H2,1-3H3. The molecule has 1 aromatic carbocycles. The Morgan fingerprint density at radius 1 is 1.35 bits per heavy atom. The number of hydrogen-bond acceptors (Lipinski definition) is 3. The van der Waals surface area contributed by atoms with Crippen LogP contribution in [0.2, 0.25) is 0 Å². The molecule has 0 aliphatic carbocycles. The summed E-state index contributed by atoms with van der Waals surface area (Å²) in [5.41, 5.74) is 1.63. The number of benzene rings is 1. The van der Waals surface area contributed by atoms with Gasteiger partial charge in [0.1, 0.15) is 13.2 Å². The molecular formula is C13H15BrO3. The Hall–Kier alpha value is -1.03. The summed E-state index contributed by atoms with van der Waals surface area (Å²) in [4.78, 5) is 11.8. The van der Waals surface area contributed by atoms with E-state index >= 15 is 0 Å². The van der Waals surface area contributed by atoms with Crippen molar-refractivity contribution < 1.29 is 14.3 Å². The second-order valence-electron chi connectivity index (χ2n) is 4.38. The molecule has 0 saturated heterocycles. The van der Waals surface area contributed by atoms with Crippen molar-refractivity contribution in [3.63, 3.8) is 0 Å². The van der Waals surface area contributed by atoms with Gasteiger partial charge < -0.3 is 9.47 Å². The summed E-state index contributed by atoms with van der Waals surface area (Å²) >= 11 is 3.44. The molecule has 0 N–H and O–H groups in total. The lowest BCUT2D eigenvalue weighted by Gasteiger charge is -2.25.